The quantitative estimate of drug-likeness (QED) is 0.704. The van der Waals surface area contributed by atoms with E-state index in [0.717, 1.165) is 24.0 Å². The van der Waals surface area contributed by atoms with Crippen molar-refractivity contribution < 1.29 is 24.0 Å². The fourth-order valence-electron chi connectivity index (χ4n) is 2.30. The normalized spacial score (nSPS) is 10.8. The molecule has 2 aromatic rings. The van der Waals surface area contributed by atoms with Crippen molar-refractivity contribution in [1.29, 1.82) is 0 Å². The van der Waals surface area contributed by atoms with E-state index >= 15 is 0 Å². The van der Waals surface area contributed by atoms with Crippen LogP contribution in [0.15, 0.2) is 60.7 Å². The maximum atomic E-state index is 13.3. The smallest absolute Gasteiger partial charge is 0.843 e. The molecule has 0 bridgehead atoms. The SMILES string of the molecule is CCCCC([O-])(c1ccccc1)c1ccccc1.[Li+]. The van der Waals surface area contributed by atoms with E-state index < -0.39 is 5.60 Å². The summed E-state index contributed by atoms with van der Waals surface area (Å²) in [5, 5.41) is 13.3. The monoisotopic (exact) mass is 246 g/mol. The molecule has 0 aliphatic heterocycles. The summed E-state index contributed by atoms with van der Waals surface area (Å²) in [6.07, 6.45) is 2.65. The number of hydrogen-bond donors (Lipinski definition) is 0. The summed E-state index contributed by atoms with van der Waals surface area (Å²) in [6, 6.07) is 19.4. The van der Waals surface area contributed by atoms with Crippen LogP contribution in [0.5, 0.6) is 0 Å². The van der Waals surface area contributed by atoms with E-state index in [1.54, 1.807) is 0 Å². The van der Waals surface area contributed by atoms with Gasteiger partial charge in [-0.3, -0.25) is 0 Å². The molecule has 94 valence electrons. The number of hydrogen-bond acceptors (Lipinski definition) is 1. The Morgan fingerprint density at radius 1 is 0.842 bits per heavy atom. The number of unbranched alkanes of at least 4 members (excludes halogenated alkanes) is 1. The average molecular weight is 246 g/mol. The van der Waals surface area contributed by atoms with Gasteiger partial charge in [-0.05, 0) is 0 Å². The van der Waals surface area contributed by atoms with Gasteiger partial charge in [0.25, 0.3) is 0 Å². The van der Waals surface area contributed by atoms with Gasteiger partial charge >= 0.3 is 18.9 Å². The molecule has 1 nitrogen and oxygen atoms in total. The minimum absolute atomic E-state index is 0. The van der Waals surface area contributed by atoms with Crippen molar-refractivity contribution in [2.75, 3.05) is 0 Å². The van der Waals surface area contributed by atoms with Crippen LogP contribution in [0.3, 0.4) is 0 Å². The van der Waals surface area contributed by atoms with Crippen molar-refractivity contribution in [3.8, 4) is 0 Å². The van der Waals surface area contributed by atoms with Crippen LogP contribution in [-0.2, 0) is 5.60 Å². The van der Waals surface area contributed by atoms with E-state index in [1.165, 1.54) is 0 Å². The van der Waals surface area contributed by atoms with Crippen LogP contribution in [0.25, 0.3) is 0 Å². The zero-order chi connectivity index (χ0) is 12.8. The molecule has 0 radical (unpaired) electrons. The molecule has 0 atom stereocenters. The van der Waals surface area contributed by atoms with E-state index in [9.17, 15) is 5.11 Å². The van der Waals surface area contributed by atoms with E-state index in [0.29, 0.717) is 6.42 Å². The summed E-state index contributed by atoms with van der Waals surface area (Å²) in [4.78, 5) is 0. The molecular formula is C17H19LiO. The molecule has 0 amide bonds. The topological polar surface area (TPSA) is 23.1 Å². The van der Waals surface area contributed by atoms with Crippen molar-refractivity contribution in [3.63, 3.8) is 0 Å². The van der Waals surface area contributed by atoms with Gasteiger partial charge < -0.3 is 5.11 Å². The summed E-state index contributed by atoms with van der Waals surface area (Å²) in [7, 11) is 0. The van der Waals surface area contributed by atoms with E-state index in [-0.39, 0.29) is 18.9 Å². The van der Waals surface area contributed by atoms with E-state index in [4.69, 9.17) is 0 Å². The Labute approximate surface area is 127 Å². The van der Waals surface area contributed by atoms with Gasteiger partial charge in [-0.1, -0.05) is 104 Å². The molecule has 0 spiro atoms. The summed E-state index contributed by atoms with van der Waals surface area (Å²) in [5.74, 6) is 0. The molecular weight excluding hydrogens is 227 g/mol. The summed E-state index contributed by atoms with van der Waals surface area (Å²) < 4.78 is 0. The molecule has 0 aromatic heterocycles. The van der Waals surface area contributed by atoms with Crippen LogP contribution < -0.4 is 24.0 Å². The second-order valence-corrected chi connectivity index (χ2v) is 4.66. The van der Waals surface area contributed by atoms with Crippen LogP contribution >= 0.6 is 0 Å². The first-order valence-electron chi connectivity index (χ1n) is 6.59. The zero-order valence-corrected chi connectivity index (χ0v) is 11.8. The fraction of sp³-hybridized carbons (Fsp3) is 0.294. The second kappa shape index (κ2) is 7.55. The summed E-state index contributed by atoms with van der Waals surface area (Å²) >= 11 is 0. The standard InChI is InChI=1S/C17H19O.Li/c1-2-3-14-17(18,15-10-6-4-7-11-15)16-12-8-5-9-13-16;/h4-13H,2-3,14H2,1H3;/q-1;+1. The zero-order valence-electron chi connectivity index (χ0n) is 11.8. The predicted molar refractivity (Wildman–Crippen MR) is 73.2 cm³/mol. The minimum atomic E-state index is -1.11. The first-order valence-corrected chi connectivity index (χ1v) is 6.59. The molecule has 2 heteroatoms. The molecule has 19 heavy (non-hydrogen) atoms. The molecule has 0 N–H and O–H groups in total. The Kier molecular flexibility index (Phi) is 6.38. The number of benzene rings is 2. The second-order valence-electron chi connectivity index (χ2n) is 4.66. The first kappa shape index (κ1) is 16.1. The molecule has 0 fully saturated rings. The van der Waals surface area contributed by atoms with Gasteiger partial charge in [0, 0.05) is 0 Å². The molecule has 0 aliphatic rings. The van der Waals surface area contributed by atoms with Gasteiger partial charge in [0.15, 0.2) is 0 Å². The summed E-state index contributed by atoms with van der Waals surface area (Å²) in [6.45, 7) is 2.12. The third-order valence-corrected chi connectivity index (χ3v) is 3.36. The van der Waals surface area contributed by atoms with E-state index in [1.807, 2.05) is 60.7 Å². The Morgan fingerprint density at radius 2 is 1.26 bits per heavy atom. The van der Waals surface area contributed by atoms with Crippen LogP contribution in [0.1, 0.15) is 37.3 Å². The summed E-state index contributed by atoms with van der Waals surface area (Å²) in [5.41, 5.74) is 0.618. The van der Waals surface area contributed by atoms with Crippen LogP contribution in [0.4, 0.5) is 0 Å². The third-order valence-electron chi connectivity index (χ3n) is 3.36. The fourth-order valence-corrected chi connectivity index (χ4v) is 2.30. The molecule has 2 rings (SSSR count). The maximum absolute atomic E-state index is 13.3. The Bertz CT molecular complexity index is 428. The number of rotatable bonds is 5. The molecule has 0 heterocycles. The van der Waals surface area contributed by atoms with Crippen molar-refractivity contribution in [2.45, 2.75) is 31.8 Å². The van der Waals surface area contributed by atoms with Crippen molar-refractivity contribution >= 4 is 0 Å². The van der Waals surface area contributed by atoms with Crippen molar-refractivity contribution in [3.05, 3.63) is 71.8 Å². The third kappa shape index (κ3) is 3.73. The Hall–Kier alpha value is -1.00. The molecule has 0 aliphatic carbocycles. The Morgan fingerprint density at radius 3 is 1.63 bits per heavy atom. The molecule has 0 saturated heterocycles. The molecule has 2 aromatic carbocycles. The van der Waals surface area contributed by atoms with Crippen LogP contribution in [0, 0.1) is 0 Å². The minimum Gasteiger partial charge on any atom is -0.843 e. The van der Waals surface area contributed by atoms with Crippen LogP contribution in [0.2, 0.25) is 0 Å². The predicted octanol–water partition coefficient (Wildman–Crippen LogP) is 0.485. The van der Waals surface area contributed by atoms with Gasteiger partial charge in [0.1, 0.15) is 0 Å². The maximum Gasteiger partial charge on any atom is 1.00 e. The van der Waals surface area contributed by atoms with Gasteiger partial charge in [-0.15, -0.1) is 0 Å². The van der Waals surface area contributed by atoms with Crippen LogP contribution in [-0.4, -0.2) is 0 Å². The van der Waals surface area contributed by atoms with Gasteiger partial charge in [0.05, 0.1) is 0 Å². The molecule has 0 unspecified atom stereocenters. The van der Waals surface area contributed by atoms with Gasteiger partial charge in [-0.25, -0.2) is 0 Å². The Balaban J connectivity index is 0.00000180. The first-order chi connectivity index (χ1) is 8.77. The van der Waals surface area contributed by atoms with Gasteiger partial charge in [0.2, 0.25) is 0 Å². The van der Waals surface area contributed by atoms with Crippen molar-refractivity contribution in [1.82, 2.24) is 0 Å². The van der Waals surface area contributed by atoms with Crippen molar-refractivity contribution in [2.24, 2.45) is 0 Å². The van der Waals surface area contributed by atoms with Gasteiger partial charge in [-0.2, -0.15) is 0 Å². The largest absolute Gasteiger partial charge is 1.00 e. The molecule has 0 saturated carbocycles. The van der Waals surface area contributed by atoms with E-state index in [2.05, 4.69) is 6.92 Å². The average Bonchev–Trinajstić information content (AvgIpc) is 2.46.